The lowest BCUT2D eigenvalue weighted by atomic mass is 10.1. The molecule has 0 bridgehead atoms. The van der Waals surface area contributed by atoms with Crippen molar-refractivity contribution in [1.29, 1.82) is 0 Å². The number of amides is 2. The number of rotatable bonds is 5. The Morgan fingerprint density at radius 2 is 2.27 bits per heavy atom. The molecular formula is C18H24ClN3O4. The van der Waals surface area contributed by atoms with Gasteiger partial charge in [0.25, 0.3) is 0 Å². The second-order valence-electron chi connectivity index (χ2n) is 6.88. The summed E-state index contributed by atoms with van der Waals surface area (Å²) in [6.07, 6.45) is 1.52. The highest BCUT2D eigenvalue weighted by molar-refractivity contribution is 6.31. The Morgan fingerprint density at radius 1 is 1.46 bits per heavy atom. The van der Waals surface area contributed by atoms with E-state index >= 15 is 0 Å². The van der Waals surface area contributed by atoms with Gasteiger partial charge < -0.3 is 20.1 Å². The fraction of sp³-hybridized carbons (Fsp3) is 0.556. The number of carbonyl (C=O) groups excluding carboxylic acids is 1. The van der Waals surface area contributed by atoms with Gasteiger partial charge in [-0.2, -0.15) is 0 Å². The number of hydrogen-bond acceptors (Lipinski definition) is 4. The van der Waals surface area contributed by atoms with Crippen molar-refractivity contribution in [2.45, 2.75) is 25.0 Å². The van der Waals surface area contributed by atoms with Crippen LogP contribution in [-0.2, 0) is 16.0 Å². The highest BCUT2D eigenvalue weighted by Gasteiger charge is 2.30. The Labute approximate surface area is 157 Å². The van der Waals surface area contributed by atoms with Crippen LogP contribution in [0.5, 0.6) is 0 Å². The molecule has 1 saturated heterocycles. The number of carboxylic acid groups (broad SMARTS) is 1. The van der Waals surface area contributed by atoms with Gasteiger partial charge in [0.1, 0.15) is 0 Å². The molecule has 26 heavy (non-hydrogen) atoms. The fourth-order valence-corrected chi connectivity index (χ4v) is 3.93. The SMILES string of the molecule is CN(CC(=O)O)CC1CN(C(=O)NC2CCc3c(Cl)cccc32)CCO1. The van der Waals surface area contributed by atoms with Crippen molar-refractivity contribution in [1.82, 2.24) is 15.1 Å². The molecule has 1 aromatic carbocycles. The summed E-state index contributed by atoms with van der Waals surface area (Å²) in [6.45, 7) is 1.85. The standard InChI is InChI=1S/C18H24ClN3O4/c1-21(11-17(23)24)9-12-10-22(7-8-26-12)18(25)20-16-6-5-13-14(16)3-2-4-15(13)19/h2-4,12,16H,5-11H2,1H3,(H,20,25)(H,23,24). The van der Waals surface area contributed by atoms with Gasteiger partial charge in [0, 0.05) is 24.7 Å². The summed E-state index contributed by atoms with van der Waals surface area (Å²) in [5.41, 5.74) is 2.21. The average Bonchev–Trinajstić information content (AvgIpc) is 2.98. The van der Waals surface area contributed by atoms with E-state index < -0.39 is 5.97 Å². The first-order valence-electron chi connectivity index (χ1n) is 8.78. The van der Waals surface area contributed by atoms with E-state index in [0.717, 1.165) is 29.0 Å². The van der Waals surface area contributed by atoms with Crippen LogP contribution >= 0.6 is 11.6 Å². The molecule has 2 N–H and O–H groups in total. The molecule has 1 aliphatic carbocycles. The number of carboxylic acids is 1. The summed E-state index contributed by atoms with van der Waals surface area (Å²) in [5.74, 6) is -0.878. The Morgan fingerprint density at radius 3 is 3.04 bits per heavy atom. The summed E-state index contributed by atoms with van der Waals surface area (Å²) >= 11 is 6.24. The molecule has 142 valence electrons. The predicted molar refractivity (Wildman–Crippen MR) is 97.5 cm³/mol. The minimum Gasteiger partial charge on any atom is -0.480 e. The molecule has 3 rings (SSSR count). The number of halogens is 1. The molecule has 0 aromatic heterocycles. The summed E-state index contributed by atoms with van der Waals surface area (Å²) in [6, 6.07) is 5.67. The molecule has 2 atom stereocenters. The van der Waals surface area contributed by atoms with E-state index in [1.165, 1.54) is 0 Å². The molecule has 1 heterocycles. The van der Waals surface area contributed by atoms with Gasteiger partial charge in [-0.15, -0.1) is 0 Å². The molecule has 1 aromatic rings. The van der Waals surface area contributed by atoms with Crippen LogP contribution < -0.4 is 5.32 Å². The van der Waals surface area contributed by atoms with E-state index in [0.29, 0.717) is 26.2 Å². The molecule has 0 spiro atoms. The van der Waals surface area contributed by atoms with Crippen LogP contribution in [0.4, 0.5) is 4.79 Å². The normalized spacial score (nSPS) is 22.3. The molecule has 8 heteroatoms. The number of ether oxygens (including phenoxy) is 1. The zero-order chi connectivity index (χ0) is 18.7. The number of urea groups is 1. The number of fused-ring (bicyclic) bond motifs is 1. The summed E-state index contributed by atoms with van der Waals surface area (Å²) in [7, 11) is 1.73. The van der Waals surface area contributed by atoms with Crippen LogP contribution in [0.2, 0.25) is 5.02 Å². The number of nitrogens with zero attached hydrogens (tertiary/aromatic N) is 2. The molecule has 1 fully saturated rings. The van der Waals surface area contributed by atoms with E-state index in [9.17, 15) is 9.59 Å². The quantitative estimate of drug-likeness (QED) is 0.812. The molecule has 1 aliphatic heterocycles. The molecular weight excluding hydrogens is 358 g/mol. The lowest BCUT2D eigenvalue weighted by Gasteiger charge is -2.35. The number of benzene rings is 1. The zero-order valence-corrected chi connectivity index (χ0v) is 15.5. The number of likely N-dealkylation sites (N-methyl/N-ethyl adjacent to an activating group) is 1. The van der Waals surface area contributed by atoms with Gasteiger partial charge in [-0.25, -0.2) is 4.79 Å². The Bertz CT molecular complexity index is 684. The van der Waals surface area contributed by atoms with Crippen LogP contribution in [0.25, 0.3) is 0 Å². The molecule has 7 nitrogen and oxygen atoms in total. The van der Waals surface area contributed by atoms with Gasteiger partial charge in [0.15, 0.2) is 0 Å². The van der Waals surface area contributed by atoms with Crippen molar-refractivity contribution in [2.75, 3.05) is 39.8 Å². The van der Waals surface area contributed by atoms with Crippen molar-refractivity contribution in [3.8, 4) is 0 Å². The minimum atomic E-state index is -0.878. The van der Waals surface area contributed by atoms with Gasteiger partial charge >= 0.3 is 12.0 Å². The predicted octanol–water partition coefficient (Wildman–Crippen LogP) is 1.75. The van der Waals surface area contributed by atoms with Gasteiger partial charge in [0.2, 0.25) is 0 Å². The van der Waals surface area contributed by atoms with Gasteiger partial charge in [-0.05, 0) is 37.1 Å². The molecule has 2 aliphatic rings. The smallest absolute Gasteiger partial charge is 0.318 e. The second-order valence-corrected chi connectivity index (χ2v) is 7.28. The minimum absolute atomic E-state index is 0.0211. The average molecular weight is 382 g/mol. The zero-order valence-electron chi connectivity index (χ0n) is 14.8. The lowest BCUT2D eigenvalue weighted by Crippen LogP contribution is -2.52. The number of hydrogen-bond donors (Lipinski definition) is 2. The van der Waals surface area contributed by atoms with E-state index in [2.05, 4.69) is 5.32 Å². The topological polar surface area (TPSA) is 82.1 Å². The third kappa shape index (κ3) is 4.47. The molecule has 2 amide bonds. The number of nitrogens with one attached hydrogen (secondary N) is 1. The number of aliphatic carboxylic acids is 1. The first-order chi connectivity index (χ1) is 12.4. The lowest BCUT2D eigenvalue weighted by molar-refractivity contribution is -0.138. The first kappa shape index (κ1) is 18.9. The van der Waals surface area contributed by atoms with Crippen molar-refractivity contribution in [3.05, 3.63) is 34.3 Å². The van der Waals surface area contributed by atoms with Gasteiger partial charge in [-0.3, -0.25) is 9.69 Å². The van der Waals surface area contributed by atoms with Gasteiger partial charge in [0.05, 0.1) is 25.3 Å². The Balaban J connectivity index is 1.56. The molecule has 2 unspecified atom stereocenters. The Kier molecular flexibility index (Phi) is 6.01. The maximum absolute atomic E-state index is 12.7. The van der Waals surface area contributed by atoms with E-state index in [1.54, 1.807) is 16.8 Å². The van der Waals surface area contributed by atoms with Crippen LogP contribution in [0, 0.1) is 0 Å². The third-order valence-corrected chi connectivity index (χ3v) is 5.21. The van der Waals surface area contributed by atoms with Gasteiger partial charge in [-0.1, -0.05) is 23.7 Å². The summed E-state index contributed by atoms with van der Waals surface area (Å²) < 4.78 is 5.68. The van der Waals surface area contributed by atoms with Crippen molar-refractivity contribution in [2.24, 2.45) is 0 Å². The highest BCUT2D eigenvalue weighted by atomic mass is 35.5. The second kappa shape index (κ2) is 8.24. The fourth-order valence-electron chi connectivity index (χ4n) is 3.66. The van der Waals surface area contributed by atoms with Crippen molar-refractivity contribution < 1.29 is 19.4 Å². The highest BCUT2D eigenvalue weighted by Crippen LogP contribution is 2.35. The molecule has 0 radical (unpaired) electrons. The van der Waals surface area contributed by atoms with Crippen LogP contribution in [-0.4, -0.2) is 72.8 Å². The maximum Gasteiger partial charge on any atom is 0.318 e. The van der Waals surface area contributed by atoms with Crippen LogP contribution in [0.3, 0.4) is 0 Å². The Hall–Kier alpha value is -1.83. The first-order valence-corrected chi connectivity index (χ1v) is 9.16. The van der Waals surface area contributed by atoms with Crippen molar-refractivity contribution >= 4 is 23.6 Å². The third-order valence-electron chi connectivity index (χ3n) is 4.86. The largest absolute Gasteiger partial charge is 0.480 e. The van der Waals surface area contributed by atoms with Crippen LogP contribution in [0.1, 0.15) is 23.6 Å². The van der Waals surface area contributed by atoms with E-state index in [1.807, 2.05) is 18.2 Å². The number of morpholine rings is 1. The number of carbonyl (C=O) groups is 2. The van der Waals surface area contributed by atoms with E-state index in [4.69, 9.17) is 21.4 Å². The molecule has 0 saturated carbocycles. The summed E-state index contributed by atoms with van der Waals surface area (Å²) in [5, 5.41) is 12.7. The van der Waals surface area contributed by atoms with Crippen LogP contribution in [0.15, 0.2) is 18.2 Å². The maximum atomic E-state index is 12.7. The summed E-state index contributed by atoms with van der Waals surface area (Å²) in [4.78, 5) is 26.9. The monoisotopic (exact) mass is 381 g/mol. The van der Waals surface area contributed by atoms with E-state index in [-0.39, 0.29) is 24.7 Å². The van der Waals surface area contributed by atoms with Crippen molar-refractivity contribution in [3.63, 3.8) is 0 Å².